The summed E-state index contributed by atoms with van der Waals surface area (Å²) in [5.74, 6) is 0. The predicted molar refractivity (Wildman–Crippen MR) is 77.2 cm³/mol. The van der Waals surface area contributed by atoms with Gasteiger partial charge in [-0.05, 0) is 30.0 Å². The molecule has 5 nitrogen and oxygen atoms in total. The number of fused-ring (bicyclic) bond motifs is 1. The van der Waals surface area contributed by atoms with Crippen LogP contribution in [0, 0.1) is 28.4 Å². The van der Waals surface area contributed by atoms with Crippen LogP contribution in [0.4, 0.5) is 5.69 Å². The van der Waals surface area contributed by atoms with Crippen molar-refractivity contribution in [2.24, 2.45) is 0 Å². The van der Waals surface area contributed by atoms with Crippen LogP contribution in [0.15, 0.2) is 12.1 Å². The zero-order valence-electron chi connectivity index (χ0n) is 11.6. The molecule has 2 rings (SSSR count). The fourth-order valence-electron chi connectivity index (χ4n) is 2.72. The van der Waals surface area contributed by atoms with E-state index >= 15 is 0 Å². The van der Waals surface area contributed by atoms with Gasteiger partial charge >= 0.3 is 0 Å². The van der Waals surface area contributed by atoms with Crippen LogP contribution in [0.1, 0.15) is 30.0 Å². The summed E-state index contributed by atoms with van der Waals surface area (Å²) >= 11 is 0. The molecule has 0 aromatic heterocycles. The normalized spacial score (nSPS) is 14.8. The summed E-state index contributed by atoms with van der Waals surface area (Å²) in [6.45, 7) is 7.18. The molecule has 1 atom stereocenters. The molecule has 1 aromatic rings. The fourth-order valence-corrected chi connectivity index (χ4v) is 2.72. The van der Waals surface area contributed by atoms with Gasteiger partial charge in [-0.25, -0.2) is 0 Å². The summed E-state index contributed by atoms with van der Waals surface area (Å²) in [4.78, 5) is 12.7. The molecule has 0 saturated carbocycles. The fraction of sp³-hybridized carbons (Fsp3) is 0.467. The lowest BCUT2D eigenvalue weighted by molar-refractivity contribution is -0.517. The van der Waals surface area contributed by atoms with Gasteiger partial charge in [-0.2, -0.15) is 5.26 Å². The van der Waals surface area contributed by atoms with Crippen LogP contribution in [-0.4, -0.2) is 24.1 Å². The minimum Gasteiger partial charge on any atom is -0.370 e. The average molecular weight is 272 g/mol. The van der Waals surface area contributed by atoms with Gasteiger partial charge in [0.2, 0.25) is 6.04 Å². The molecule has 1 unspecified atom stereocenters. The Kier molecular flexibility index (Phi) is 4.23. The number of nitro groups is 1. The van der Waals surface area contributed by atoms with Crippen molar-refractivity contribution in [3.8, 4) is 6.07 Å². The zero-order valence-corrected chi connectivity index (χ0v) is 11.6. The van der Waals surface area contributed by atoms with Gasteiger partial charge in [-0.1, -0.05) is 13.0 Å². The number of hydrogen-bond donors (Lipinski definition) is 0. The van der Waals surface area contributed by atoms with E-state index in [9.17, 15) is 15.4 Å². The molecule has 1 aliphatic rings. The summed E-state index contributed by atoms with van der Waals surface area (Å²) in [5.41, 5.74) is 3.62. The number of anilines is 1. The van der Waals surface area contributed by atoms with Gasteiger partial charge < -0.3 is 4.90 Å². The van der Waals surface area contributed by atoms with Crippen molar-refractivity contribution in [2.75, 3.05) is 18.0 Å². The van der Waals surface area contributed by atoms with E-state index in [0.717, 1.165) is 42.7 Å². The lowest BCUT2D eigenvalue weighted by Crippen LogP contribution is -2.22. The van der Waals surface area contributed by atoms with Crippen molar-refractivity contribution in [2.45, 2.75) is 32.2 Å². The summed E-state index contributed by atoms with van der Waals surface area (Å²) in [6, 6.07) is 5.40. The molecule has 0 spiro atoms. The van der Waals surface area contributed by atoms with Gasteiger partial charge in [0.1, 0.15) is 6.07 Å². The number of rotatable bonds is 5. The lowest BCUT2D eigenvalue weighted by Gasteiger charge is -2.20. The van der Waals surface area contributed by atoms with Crippen molar-refractivity contribution in [1.82, 2.24) is 0 Å². The first-order chi connectivity index (χ1) is 9.56. The van der Waals surface area contributed by atoms with Gasteiger partial charge in [0, 0.05) is 31.4 Å². The van der Waals surface area contributed by atoms with Gasteiger partial charge in [-0.3, -0.25) is 10.1 Å². The number of hydrogen-bond acceptors (Lipinski definition) is 4. The van der Waals surface area contributed by atoms with E-state index in [-0.39, 0.29) is 4.92 Å². The molecule has 1 aliphatic heterocycles. The van der Waals surface area contributed by atoms with Gasteiger partial charge in [0.25, 0.3) is 0 Å². The molecule has 0 aliphatic carbocycles. The van der Waals surface area contributed by atoms with Crippen LogP contribution in [0.5, 0.6) is 0 Å². The van der Waals surface area contributed by atoms with Crippen LogP contribution in [-0.2, 0) is 12.8 Å². The first kappa shape index (κ1) is 14.3. The topological polar surface area (TPSA) is 70.2 Å². The molecule has 1 heterocycles. The molecule has 1 aromatic carbocycles. The van der Waals surface area contributed by atoms with Crippen LogP contribution in [0.25, 0.3) is 0 Å². The van der Waals surface area contributed by atoms with E-state index in [4.69, 9.17) is 0 Å². The van der Waals surface area contributed by atoms with Crippen molar-refractivity contribution in [3.05, 3.63) is 45.9 Å². The Bertz CT molecular complexity index is 563. The third-order valence-corrected chi connectivity index (χ3v) is 3.66. The van der Waals surface area contributed by atoms with Crippen LogP contribution in [0.2, 0.25) is 0 Å². The lowest BCUT2D eigenvalue weighted by atomic mass is 9.99. The Balaban J connectivity index is 2.33. The second-order valence-corrected chi connectivity index (χ2v) is 5.19. The third-order valence-electron chi connectivity index (χ3n) is 3.66. The Morgan fingerprint density at radius 3 is 2.95 bits per heavy atom. The molecule has 0 fully saturated rings. The van der Waals surface area contributed by atoms with Gasteiger partial charge in [0.15, 0.2) is 0 Å². The minimum absolute atomic E-state index is 0.283. The summed E-state index contributed by atoms with van der Waals surface area (Å²) in [7, 11) is 0. The summed E-state index contributed by atoms with van der Waals surface area (Å²) < 4.78 is 0. The Labute approximate surface area is 119 Å². The highest BCUT2D eigenvalue weighted by Crippen LogP contribution is 2.33. The molecule has 1 radical (unpaired) electrons. The van der Waals surface area contributed by atoms with Crippen LogP contribution < -0.4 is 4.90 Å². The maximum atomic E-state index is 10.8. The maximum Gasteiger partial charge on any atom is 0.214 e. The largest absolute Gasteiger partial charge is 0.370 e. The van der Waals surface area contributed by atoms with Crippen LogP contribution >= 0.6 is 0 Å². The maximum absolute atomic E-state index is 10.8. The Morgan fingerprint density at radius 1 is 1.60 bits per heavy atom. The number of nitriles is 1. The highest BCUT2D eigenvalue weighted by atomic mass is 16.6. The number of nitrogens with zero attached hydrogens (tertiary/aromatic N) is 3. The molecule has 105 valence electrons. The first-order valence-corrected chi connectivity index (χ1v) is 6.80. The number of benzene rings is 1. The predicted octanol–water partition coefficient (Wildman–Crippen LogP) is 2.35. The van der Waals surface area contributed by atoms with E-state index in [1.807, 2.05) is 6.07 Å². The highest BCUT2D eigenvalue weighted by molar-refractivity contribution is 5.68. The van der Waals surface area contributed by atoms with Crippen LogP contribution in [0.3, 0.4) is 0 Å². The molecular formula is C15H18N3O2. The minimum atomic E-state index is -0.628. The van der Waals surface area contributed by atoms with Crippen molar-refractivity contribution in [1.29, 1.82) is 5.26 Å². The van der Waals surface area contributed by atoms with E-state index in [1.165, 1.54) is 0 Å². The third kappa shape index (κ3) is 2.74. The van der Waals surface area contributed by atoms with E-state index in [2.05, 4.69) is 17.9 Å². The summed E-state index contributed by atoms with van der Waals surface area (Å²) in [5, 5.41) is 20.1. The molecule has 0 N–H and O–H groups in total. The summed E-state index contributed by atoms with van der Waals surface area (Å²) in [6.07, 6.45) is 2.05. The molecule has 20 heavy (non-hydrogen) atoms. The first-order valence-electron chi connectivity index (χ1n) is 6.80. The van der Waals surface area contributed by atoms with Crippen molar-refractivity contribution < 1.29 is 4.92 Å². The standard InChI is InChI=1S/C15H18N3O2/c1-3-5-17-6-4-13-8-12(7-11(2)18(19)20)9-14(10-16)15(13)17/h8-9,11H,1,3-7H2,2H3. The highest BCUT2D eigenvalue weighted by Gasteiger charge is 2.24. The van der Waals surface area contributed by atoms with Gasteiger partial charge in [0.05, 0.1) is 11.3 Å². The van der Waals surface area contributed by atoms with E-state index in [0.29, 0.717) is 12.0 Å². The second-order valence-electron chi connectivity index (χ2n) is 5.19. The van der Waals surface area contributed by atoms with Gasteiger partial charge in [-0.15, -0.1) is 0 Å². The smallest absolute Gasteiger partial charge is 0.214 e. The van der Waals surface area contributed by atoms with E-state index in [1.54, 1.807) is 13.0 Å². The van der Waals surface area contributed by atoms with E-state index < -0.39 is 6.04 Å². The molecule has 0 amide bonds. The molecule has 0 bridgehead atoms. The second kappa shape index (κ2) is 5.91. The molecule has 5 heteroatoms. The molecule has 0 saturated heterocycles. The Morgan fingerprint density at radius 2 is 2.35 bits per heavy atom. The average Bonchev–Trinajstić information content (AvgIpc) is 2.81. The Hall–Kier alpha value is -2.09. The zero-order chi connectivity index (χ0) is 14.7. The van der Waals surface area contributed by atoms with Crippen molar-refractivity contribution in [3.63, 3.8) is 0 Å². The quantitative estimate of drug-likeness (QED) is 0.609. The molecular weight excluding hydrogens is 254 g/mol. The SMILES string of the molecule is [CH2]CCN1CCc2cc(CC(C)[N+](=O)[O-])cc(C#N)c21. The van der Waals surface area contributed by atoms with Crippen molar-refractivity contribution >= 4 is 5.69 Å². The monoisotopic (exact) mass is 272 g/mol.